The second-order valence-electron chi connectivity index (χ2n) is 7.63. The SMILES string of the molecule is CC(Nc1nccc(Nc2cc(C3CCCC3)[nH]n2)n1)c1ccc2nc[nH]c2c1. The number of H-pyrrole nitrogens is 2. The maximum atomic E-state index is 4.59. The third kappa shape index (κ3) is 3.78. The van der Waals surface area contributed by atoms with E-state index < -0.39 is 0 Å². The van der Waals surface area contributed by atoms with Crippen molar-refractivity contribution in [3.8, 4) is 0 Å². The highest BCUT2D eigenvalue weighted by atomic mass is 15.2. The fourth-order valence-electron chi connectivity index (χ4n) is 3.98. The summed E-state index contributed by atoms with van der Waals surface area (Å²) in [4.78, 5) is 16.4. The molecule has 1 atom stereocenters. The summed E-state index contributed by atoms with van der Waals surface area (Å²) in [5.74, 6) is 2.67. The number of nitrogens with zero attached hydrogens (tertiary/aromatic N) is 4. The van der Waals surface area contributed by atoms with Crippen LogP contribution in [0.4, 0.5) is 17.6 Å². The lowest BCUT2D eigenvalue weighted by molar-refractivity contribution is 0.693. The van der Waals surface area contributed by atoms with Crippen LogP contribution in [0.1, 0.15) is 55.8 Å². The van der Waals surface area contributed by atoms with Crippen LogP contribution >= 0.6 is 0 Å². The van der Waals surface area contributed by atoms with Crippen LogP contribution in [-0.4, -0.2) is 30.1 Å². The molecular weight excluding hydrogens is 364 g/mol. The van der Waals surface area contributed by atoms with Crippen LogP contribution in [0.2, 0.25) is 0 Å². The van der Waals surface area contributed by atoms with Gasteiger partial charge in [-0.1, -0.05) is 18.9 Å². The molecule has 1 unspecified atom stereocenters. The summed E-state index contributed by atoms with van der Waals surface area (Å²) in [6, 6.07) is 10.2. The van der Waals surface area contributed by atoms with E-state index in [9.17, 15) is 0 Å². The van der Waals surface area contributed by atoms with E-state index >= 15 is 0 Å². The minimum atomic E-state index is 0.0531. The lowest BCUT2D eigenvalue weighted by Gasteiger charge is -2.14. The van der Waals surface area contributed by atoms with E-state index in [0.717, 1.165) is 22.4 Å². The molecule has 1 aliphatic carbocycles. The summed E-state index contributed by atoms with van der Waals surface area (Å²) < 4.78 is 0. The first-order valence-corrected chi connectivity index (χ1v) is 10.1. The normalized spacial score (nSPS) is 15.6. The van der Waals surface area contributed by atoms with Gasteiger partial charge in [-0.15, -0.1) is 0 Å². The predicted molar refractivity (Wildman–Crippen MR) is 113 cm³/mol. The third-order valence-corrected chi connectivity index (χ3v) is 5.59. The third-order valence-electron chi connectivity index (χ3n) is 5.59. The minimum absolute atomic E-state index is 0.0531. The molecule has 1 fully saturated rings. The van der Waals surface area contributed by atoms with E-state index in [-0.39, 0.29) is 6.04 Å². The van der Waals surface area contributed by atoms with Crippen molar-refractivity contribution in [2.24, 2.45) is 0 Å². The number of rotatable bonds is 6. The van der Waals surface area contributed by atoms with Crippen molar-refractivity contribution in [3.63, 3.8) is 0 Å². The number of aromatic nitrogens is 6. The van der Waals surface area contributed by atoms with E-state index in [1.807, 2.05) is 12.1 Å². The molecule has 1 aliphatic rings. The Morgan fingerprint density at radius 3 is 2.86 bits per heavy atom. The van der Waals surface area contributed by atoms with Gasteiger partial charge in [0, 0.05) is 23.9 Å². The van der Waals surface area contributed by atoms with Crippen LogP contribution in [0.3, 0.4) is 0 Å². The molecule has 8 heteroatoms. The smallest absolute Gasteiger partial charge is 0.225 e. The number of nitrogens with one attached hydrogen (secondary N) is 4. The number of anilines is 3. The molecule has 0 spiro atoms. The average molecular weight is 388 g/mol. The van der Waals surface area contributed by atoms with Gasteiger partial charge in [0.1, 0.15) is 5.82 Å². The van der Waals surface area contributed by atoms with Gasteiger partial charge in [0.25, 0.3) is 0 Å². The van der Waals surface area contributed by atoms with E-state index in [2.05, 4.69) is 65.9 Å². The number of hydrogen-bond acceptors (Lipinski definition) is 6. The number of aromatic amines is 2. The number of fused-ring (bicyclic) bond motifs is 1. The van der Waals surface area contributed by atoms with Gasteiger partial charge in [-0.2, -0.15) is 10.1 Å². The van der Waals surface area contributed by atoms with Gasteiger partial charge in [-0.05, 0) is 43.5 Å². The molecule has 4 aromatic rings. The zero-order valence-electron chi connectivity index (χ0n) is 16.3. The molecule has 8 nitrogen and oxygen atoms in total. The zero-order chi connectivity index (χ0) is 19.6. The summed E-state index contributed by atoms with van der Waals surface area (Å²) in [6.07, 6.45) is 8.54. The average Bonchev–Trinajstić information content (AvgIpc) is 3.48. The molecule has 29 heavy (non-hydrogen) atoms. The Morgan fingerprint density at radius 2 is 1.97 bits per heavy atom. The Hall–Kier alpha value is -3.42. The summed E-state index contributed by atoms with van der Waals surface area (Å²) >= 11 is 0. The Labute approximate surface area is 168 Å². The molecule has 3 heterocycles. The van der Waals surface area contributed by atoms with E-state index in [0.29, 0.717) is 17.7 Å². The Kier molecular flexibility index (Phi) is 4.59. The molecule has 1 aromatic carbocycles. The van der Waals surface area contributed by atoms with Gasteiger partial charge in [-0.25, -0.2) is 9.97 Å². The first-order valence-electron chi connectivity index (χ1n) is 10.1. The highest BCUT2D eigenvalue weighted by molar-refractivity contribution is 5.75. The first kappa shape index (κ1) is 17.7. The minimum Gasteiger partial charge on any atom is -0.348 e. The largest absolute Gasteiger partial charge is 0.348 e. The maximum absolute atomic E-state index is 4.59. The second kappa shape index (κ2) is 7.54. The lowest BCUT2D eigenvalue weighted by atomic mass is 10.0. The van der Waals surface area contributed by atoms with Crippen molar-refractivity contribution in [3.05, 3.63) is 54.1 Å². The van der Waals surface area contributed by atoms with Crippen LogP contribution in [0.25, 0.3) is 11.0 Å². The fourth-order valence-corrected chi connectivity index (χ4v) is 3.98. The highest BCUT2D eigenvalue weighted by Crippen LogP contribution is 2.34. The monoisotopic (exact) mass is 388 g/mol. The van der Waals surface area contributed by atoms with Crippen molar-refractivity contribution in [2.45, 2.75) is 44.6 Å². The van der Waals surface area contributed by atoms with E-state index in [1.165, 1.54) is 31.4 Å². The van der Waals surface area contributed by atoms with Gasteiger partial charge in [0.15, 0.2) is 5.82 Å². The first-order chi connectivity index (χ1) is 14.2. The second-order valence-corrected chi connectivity index (χ2v) is 7.63. The maximum Gasteiger partial charge on any atom is 0.225 e. The Morgan fingerprint density at radius 1 is 1.07 bits per heavy atom. The number of imidazole rings is 1. The molecule has 5 rings (SSSR count). The van der Waals surface area contributed by atoms with Gasteiger partial charge >= 0.3 is 0 Å². The molecule has 0 aliphatic heterocycles. The molecule has 1 saturated carbocycles. The van der Waals surface area contributed by atoms with Gasteiger partial charge in [0.05, 0.1) is 23.4 Å². The van der Waals surface area contributed by atoms with Crippen LogP contribution in [0, 0.1) is 0 Å². The number of benzene rings is 1. The van der Waals surface area contributed by atoms with Crippen molar-refractivity contribution in [2.75, 3.05) is 10.6 Å². The van der Waals surface area contributed by atoms with E-state index in [4.69, 9.17) is 0 Å². The quantitative estimate of drug-likeness (QED) is 0.383. The molecule has 0 radical (unpaired) electrons. The van der Waals surface area contributed by atoms with Crippen molar-refractivity contribution < 1.29 is 0 Å². The van der Waals surface area contributed by atoms with Crippen molar-refractivity contribution >= 4 is 28.6 Å². The van der Waals surface area contributed by atoms with Gasteiger partial charge in [0.2, 0.25) is 5.95 Å². The summed E-state index contributed by atoms with van der Waals surface area (Å²) in [7, 11) is 0. The van der Waals surface area contributed by atoms with Crippen LogP contribution in [0.15, 0.2) is 42.9 Å². The van der Waals surface area contributed by atoms with Crippen LogP contribution in [-0.2, 0) is 0 Å². The molecular formula is C21H24N8. The predicted octanol–water partition coefficient (Wildman–Crippen LogP) is 4.65. The topological polar surface area (TPSA) is 107 Å². The molecule has 0 bridgehead atoms. The number of hydrogen-bond donors (Lipinski definition) is 4. The summed E-state index contributed by atoms with van der Waals surface area (Å²) in [5, 5.41) is 14.2. The molecule has 3 aromatic heterocycles. The molecule has 148 valence electrons. The molecule has 4 N–H and O–H groups in total. The van der Waals surface area contributed by atoms with Crippen LogP contribution < -0.4 is 10.6 Å². The standard InChI is InChI=1S/C21H24N8/c1-13(15-6-7-16-18(10-15)24-12-23-16)25-21-22-9-8-19(27-21)26-20-11-17(28-29-20)14-4-2-3-5-14/h6-14H,2-5H2,1H3,(H,23,24)(H3,22,25,26,27,28,29). The zero-order valence-corrected chi connectivity index (χ0v) is 16.3. The van der Waals surface area contributed by atoms with Crippen molar-refractivity contribution in [1.82, 2.24) is 30.1 Å². The van der Waals surface area contributed by atoms with Crippen LogP contribution in [0.5, 0.6) is 0 Å². The van der Waals surface area contributed by atoms with E-state index in [1.54, 1.807) is 12.5 Å². The molecule has 0 saturated heterocycles. The molecule has 0 amide bonds. The van der Waals surface area contributed by atoms with Crippen molar-refractivity contribution in [1.29, 1.82) is 0 Å². The van der Waals surface area contributed by atoms with Gasteiger partial charge < -0.3 is 15.6 Å². The Bertz CT molecular complexity index is 1110. The Balaban J connectivity index is 1.28. The fraction of sp³-hybridized carbons (Fsp3) is 0.333. The summed E-state index contributed by atoms with van der Waals surface area (Å²) in [6.45, 7) is 2.09. The summed E-state index contributed by atoms with van der Waals surface area (Å²) in [5.41, 5.74) is 4.32. The highest BCUT2D eigenvalue weighted by Gasteiger charge is 2.19. The lowest BCUT2D eigenvalue weighted by Crippen LogP contribution is -2.10. The van der Waals surface area contributed by atoms with Gasteiger partial charge in [-0.3, -0.25) is 5.10 Å².